The van der Waals surface area contributed by atoms with Gasteiger partial charge in [-0.25, -0.2) is 15.0 Å². The van der Waals surface area contributed by atoms with Gasteiger partial charge in [0, 0.05) is 11.6 Å². The standard InChI is InChI=1S/C18H17N3O2S/c1-13-9-19-12-20-17(13)8-3-14-11-24-18(21-14)10-23-16-6-4-15(22-2)5-7-16/h3-9,11-12H,10H2,1-2H3/b8-3+. The van der Waals surface area contributed by atoms with Gasteiger partial charge in [0.05, 0.1) is 18.5 Å². The number of benzene rings is 1. The quantitative estimate of drug-likeness (QED) is 0.679. The van der Waals surface area contributed by atoms with Gasteiger partial charge in [-0.1, -0.05) is 0 Å². The molecule has 0 unspecified atom stereocenters. The van der Waals surface area contributed by atoms with Crippen LogP contribution < -0.4 is 9.47 Å². The molecule has 0 fully saturated rings. The van der Waals surface area contributed by atoms with Crippen LogP contribution in [0.2, 0.25) is 0 Å². The fourth-order valence-electron chi connectivity index (χ4n) is 2.03. The lowest BCUT2D eigenvalue weighted by Gasteiger charge is -2.04. The Hall–Kier alpha value is -2.73. The first-order chi connectivity index (χ1) is 11.7. The van der Waals surface area contributed by atoms with E-state index in [0.29, 0.717) is 6.61 Å². The van der Waals surface area contributed by atoms with Crippen LogP contribution in [0.25, 0.3) is 12.2 Å². The third kappa shape index (κ3) is 4.17. The lowest BCUT2D eigenvalue weighted by molar-refractivity contribution is 0.305. The van der Waals surface area contributed by atoms with Gasteiger partial charge >= 0.3 is 0 Å². The molecule has 0 amide bonds. The molecule has 0 N–H and O–H groups in total. The Morgan fingerprint density at radius 2 is 1.92 bits per heavy atom. The van der Waals surface area contributed by atoms with Crippen LogP contribution in [0.3, 0.4) is 0 Å². The predicted molar refractivity (Wildman–Crippen MR) is 95.1 cm³/mol. The normalized spacial score (nSPS) is 10.9. The average Bonchev–Trinajstić information content (AvgIpc) is 3.08. The second kappa shape index (κ2) is 7.70. The van der Waals surface area contributed by atoms with Crippen LogP contribution in [-0.2, 0) is 6.61 Å². The Morgan fingerprint density at radius 3 is 2.67 bits per heavy atom. The number of ether oxygens (including phenoxy) is 2. The van der Waals surface area contributed by atoms with Crippen LogP contribution in [0, 0.1) is 6.92 Å². The zero-order valence-electron chi connectivity index (χ0n) is 13.5. The maximum atomic E-state index is 5.73. The fraction of sp³-hybridized carbons (Fsp3) is 0.167. The Labute approximate surface area is 144 Å². The zero-order valence-corrected chi connectivity index (χ0v) is 14.3. The summed E-state index contributed by atoms with van der Waals surface area (Å²) in [7, 11) is 1.64. The third-order valence-electron chi connectivity index (χ3n) is 3.34. The topological polar surface area (TPSA) is 57.1 Å². The minimum Gasteiger partial charge on any atom is -0.497 e. The van der Waals surface area contributed by atoms with Crippen molar-refractivity contribution in [3.63, 3.8) is 0 Å². The molecule has 6 heteroatoms. The van der Waals surface area contributed by atoms with Gasteiger partial charge in [-0.05, 0) is 48.9 Å². The molecule has 3 rings (SSSR count). The Morgan fingerprint density at radius 1 is 1.12 bits per heavy atom. The molecule has 5 nitrogen and oxygen atoms in total. The molecule has 0 spiro atoms. The van der Waals surface area contributed by atoms with Gasteiger partial charge in [-0.15, -0.1) is 11.3 Å². The van der Waals surface area contributed by atoms with Crippen molar-refractivity contribution in [1.29, 1.82) is 0 Å². The molecule has 0 aliphatic carbocycles. The number of nitrogens with zero attached hydrogens (tertiary/aromatic N) is 3. The van der Waals surface area contributed by atoms with E-state index in [9.17, 15) is 0 Å². The van der Waals surface area contributed by atoms with E-state index in [2.05, 4.69) is 15.0 Å². The van der Waals surface area contributed by atoms with E-state index < -0.39 is 0 Å². The SMILES string of the molecule is COc1ccc(OCc2nc(/C=C/c3ncncc3C)cs2)cc1. The van der Waals surface area contributed by atoms with Crippen LogP contribution >= 0.6 is 11.3 Å². The van der Waals surface area contributed by atoms with Gasteiger partial charge in [0.2, 0.25) is 0 Å². The summed E-state index contributed by atoms with van der Waals surface area (Å²) in [6, 6.07) is 7.50. The van der Waals surface area contributed by atoms with Crippen molar-refractivity contribution in [3.8, 4) is 11.5 Å². The summed E-state index contributed by atoms with van der Waals surface area (Å²) < 4.78 is 10.9. The first-order valence-corrected chi connectivity index (χ1v) is 8.28. The van der Waals surface area contributed by atoms with Crippen LogP contribution in [0.15, 0.2) is 42.2 Å². The number of methoxy groups -OCH3 is 1. The van der Waals surface area contributed by atoms with E-state index in [1.165, 1.54) is 0 Å². The van der Waals surface area contributed by atoms with Crippen molar-refractivity contribution in [3.05, 3.63) is 64.1 Å². The molecule has 122 valence electrons. The summed E-state index contributed by atoms with van der Waals surface area (Å²) in [6.07, 6.45) is 7.23. The zero-order chi connectivity index (χ0) is 16.8. The predicted octanol–water partition coefficient (Wildman–Crippen LogP) is 4.00. The molecule has 0 radical (unpaired) electrons. The highest BCUT2D eigenvalue weighted by Gasteiger charge is 2.02. The van der Waals surface area contributed by atoms with Gasteiger partial charge < -0.3 is 9.47 Å². The van der Waals surface area contributed by atoms with E-state index in [4.69, 9.17) is 9.47 Å². The Balaban J connectivity index is 1.60. The second-order valence-electron chi connectivity index (χ2n) is 5.05. The summed E-state index contributed by atoms with van der Waals surface area (Å²) in [5, 5.41) is 2.92. The van der Waals surface area contributed by atoms with Crippen LogP contribution in [0.5, 0.6) is 11.5 Å². The minimum atomic E-state index is 0.442. The monoisotopic (exact) mass is 339 g/mol. The lowest BCUT2D eigenvalue weighted by Crippen LogP contribution is -1.95. The van der Waals surface area contributed by atoms with E-state index in [1.807, 2.05) is 48.7 Å². The van der Waals surface area contributed by atoms with E-state index in [0.717, 1.165) is 33.5 Å². The summed E-state index contributed by atoms with van der Waals surface area (Å²) in [6.45, 7) is 2.42. The largest absolute Gasteiger partial charge is 0.497 e. The van der Waals surface area contributed by atoms with Crippen molar-refractivity contribution in [2.45, 2.75) is 13.5 Å². The van der Waals surface area contributed by atoms with Gasteiger partial charge in [0.25, 0.3) is 0 Å². The smallest absolute Gasteiger partial charge is 0.140 e. The summed E-state index contributed by atoms with van der Waals surface area (Å²) in [5.74, 6) is 1.60. The number of rotatable bonds is 6. The van der Waals surface area contributed by atoms with Crippen LogP contribution in [-0.4, -0.2) is 22.1 Å². The molecule has 24 heavy (non-hydrogen) atoms. The first-order valence-electron chi connectivity index (χ1n) is 7.40. The molecule has 2 aromatic heterocycles. The van der Waals surface area contributed by atoms with Crippen molar-refractivity contribution in [2.24, 2.45) is 0 Å². The molecule has 0 atom stereocenters. The van der Waals surface area contributed by atoms with Crippen molar-refractivity contribution in [1.82, 2.24) is 15.0 Å². The van der Waals surface area contributed by atoms with Crippen molar-refractivity contribution in [2.75, 3.05) is 7.11 Å². The van der Waals surface area contributed by atoms with Gasteiger partial charge in [0.1, 0.15) is 29.4 Å². The highest BCUT2D eigenvalue weighted by atomic mass is 32.1. The first kappa shape index (κ1) is 16.1. The molecule has 1 aromatic carbocycles. The fourth-order valence-corrected chi connectivity index (χ4v) is 2.71. The maximum Gasteiger partial charge on any atom is 0.140 e. The number of hydrogen-bond donors (Lipinski definition) is 0. The molecule has 0 aliphatic heterocycles. The molecule has 0 bridgehead atoms. The lowest BCUT2D eigenvalue weighted by atomic mass is 10.2. The molecule has 0 saturated heterocycles. The van der Waals surface area contributed by atoms with E-state index >= 15 is 0 Å². The van der Waals surface area contributed by atoms with E-state index in [-0.39, 0.29) is 0 Å². The van der Waals surface area contributed by atoms with Gasteiger partial charge in [0.15, 0.2) is 0 Å². The molecule has 2 heterocycles. The number of aromatic nitrogens is 3. The number of thiazole rings is 1. The molecular weight excluding hydrogens is 322 g/mol. The highest BCUT2D eigenvalue weighted by Crippen LogP contribution is 2.20. The molecular formula is C18H17N3O2S. The number of aryl methyl sites for hydroxylation is 1. The van der Waals surface area contributed by atoms with Gasteiger partial charge in [-0.3, -0.25) is 0 Å². The van der Waals surface area contributed by atoms with E-state index in [1.54, 1.807) is 31.0 Å². The highest BCUT2D eigenvalue weighted by molar-refractivity contribution is 7.09. The molecule has 0 saturated carbocycles. The van der Waals surface area contributed by atoms with Crippen molar-refractivity contribution >= 4 is 23.5 Å². The van der Waals surface area contributed by atoms with Gasteiger partial charge in [-0.2, -0.15) is 0 Å². The summed E-state index contributed by atoms with van der Waals surface area (Å²) >= 11 is 1.57. The van der Waals surface area contributed by atoms with Crippen molar-refractivity contribution < 1.29 is 9.47 Å². The van der Waals surface area contributed by atoms with Crippen LogP contribution in [0.4, 0.5) is 0 Å². The molecule has 0 aliphatic rings. The minimum absolute atomic E-state index is 0.442. The van der Waals surface area contributed by atoms with Crippen LogP contribution in [0.1, 0.15) is 22.0 Å². The molecule has 3 aromatic rings. The second-order valence-corrected chi connectivity index (χ2v) is 6.00. The Bertz CT molecular complexity index is 828. The third-order valence-corrected chi connectivity index (χ3v) is 4.18. The summed E-state index contributed by atoms with van der Waals surface area (Å²) in [4.78, 5) is 12.8. The average molecular weight is 339 g/mol. The maximum absolute atomic E-state index is 5.73. The Kier molecular flexibility index (Phi) is 5.18. The summed E-state index contributed by atoms with van der Waals surface area (Å²) in [5.41, 5.74) is 2.83. The number of hydrogen-bond acceptors (Lipinski definition) is 6.